The van der Waals surface area contributed by atoms with Gasteiger partial charge in [0.15, 0.2) is 5.96 Å². The topological polar surface area (TPSA) is 73.8 Å². The van der Waals surface area contributed by atoms with Crippen molar-refractivity contribution in [3.05, 3.63) is 29.8 Å². The minimum atomic E-state index is -3.47. The molecule has 0 saturated carbocycles. The van der Waals surface area contributed by atoms with Crippen LogP contribution in [0.15, 0.2) is 34.2 Å². The maximum atomic E-state index is 12.2. The summed E-state index contributed by atoms with van der Waals surface area (Å²) in [6.45, 7) is 8.47. The van der Waals surface area contributed by atoms with Crippen molar-refractivity contribution in [2.24, 2.45) is 4.99 Å². The summed E-state index contributed by atoms with van der Waals surface area (Å²) in [6.07, 6.45) is 2.22. The first-order valence-corrected chi connectivity index (χ1v) is 9.94. The lowest BCUT2D eigenvalue weighted by Gasteiger charge is -2.21. The fraction of sp³-hybridized carbons (Fsp3) is 0.588. The number of nitrogens with zero attached hydrogens (tertiary/aromatic N) is 2. The van der Waals surface area contributed by atoms with Crippen molar-refractivity contribution >= 4 is 40.0 Å². The molecule has 0 spiro atoms. The van der Waals surface area contributed by atoms with E-state index in [1.807, 2.05) is 20.9 Å². The van der Waals surface area contributed by atoms with Gasteiger partial charge < -0.3 is 10.2 Å². The minimum absolute atomic E-state index is 0. The highest BCUT2D eigenvalue weighted by molar-refractivity contribution is 14.0. The van der Waals surface area contributed by atoms with Gasteiger partial charge in [-0.05, 0) is 32.4 Å². The summed E-state index contributed by atoms with van der Waals surface area (Å²) in [5.41, 5.74) is 1.03. The number of rotatable bonds is 9. The van der Waals surface area contributed by atoms with Gasteiger partial charge in [0.1, 0.15) is 0 Å². The Morgan fingerprint density at radius 1 is 1.20 bits per heavy atom. The van der Waals surface area contributed by atoms with Crippen LogP contribution in [0.1, 0.15) is 32.3 Å². The van der Waals surface area contributed by atoms with E-state index in [4.69, 9.17) is 0 Å². The minimum Gasteiger partial charge on any atom is -0.357 e. The summed E-state index contributed by atoms with van der Waals surface area (Å²) in [4.78, 5) is 6.83. The summed E-state index contributed by atoms with van der Waals surface area (Å²) < 4.78 is 27.0. The molecule has 25 heavy (non-hydrogen) atoms. The molecule has 0 fully saturated rings. The van der Waals surface area contributed by atoms with Crippen molar-refractivity contribution in [2.45, 2.75) is 38.5 Å². The summed E-state index contributed by atoms with van der Waals surface area (Å²) in [5, 5.41) is 3.23. The molecule has 0 aliphatic carbocycles. The quantitative estimate of drug-likeness (QED) is 0.246. The SMILES string of the molecule is CCCCN(C)C(=NCCNS(=O)(=O)c1ccc(C)cc1)NCC.I. The van der Waals surface area contributed by atoms with Gasteiger partial charge in [-0.2, -0.15) is 0 Å². The molecule has 0 saturated heterocycles. The highest BCUT2D eigenvalue weighted by atomic mass is 127. The largest absolute Gasteiger partial charge is 0.357 e. The molecular weight excluding hydrogens is 451 g/mol. The predicted octanol–water partition coefficient (Wildman–Crippen LogP) is 2.59. The van der Waals surface area contributed by atoms with E-state index < -0.39 is 10.0 Å². The number of hydrogen-bond donors (Lipinski definition) is 2. The average Bonchev–Trinajstić information content (AvgIpc) is 2.55. The molecule has 0 heterocycles. The third-order valence-electron chi connectivity index (χ3n) is 3.54. The Morgan fingerprint density at radius 2 is 1.84 bits per heavy atom. The number of aryl methyl sites for hydroxylation is 1. The number of benzene rings is 1. The van der Waals surface area contributed by atoms with Gasteiger partial charge >= 0.3 is 0 Å². The van der Waals surface area contributed by atoms with E-state index in [9.17, 15) is 8.42 Å². The molecule has 0 amide bonds. The molecule has 0 unspecified atom stereocenters. The lowest BCUT2D eigenvalue weighted by atomic mass is 10.2. The van der Waals surface area contributed by atoms with Crippen molar-refractivity contribution in [1.29, 1.82) is 0 Å². The normalized spacial score (nSPS) is 11.8. The number of aliphatic imine (C=N–C) groups is 1. The first-order chi connectivity index (χ1) is 11.4. The molecule has 1 aromatic rings. The van der Waals surface area contributed by atoms with Crippen LogP contribution in [0.5, 0.6) is 0 Å². The Morgan fingerprint density at radius 3 is 2.40 bits per heavy atom. The van der Waals surface area contributed by atoms with Gasteiger partial charge in [0.25, 0.3) is 0 Å². The second-order valence-electron chi connectivity index (χ2n) is 5.72. The predicted molar refractivity (Wildman–Crippen MR) is 115 cm³/mol. The zero-order valence-electron chi connectivity index (χ0n) is 15.6. The third kappa shape index (κ3) is 8.87. The van der Waals surface area contributed by atoms with Gasteiger partial charge in [-0.15, -0.1) is 24.0 Å². The lowest BCUT2D eigenvalue weighted by molar-refractivity contribution is 0.465. The van der Waals surface area contributed by atoms with E-state index in [2.05, 4.69) is 26.9 Å². The summed E-state index contributed by atoms with van der Waals surface area (Å²) in [6, 6.07) is 6.81. The van der Waals surface area contributed by atoms with Gasteiger partial charge in [-0.25, -0.2) is 13.1 Å². The molecule has 6 nitrogen and oxygen atoms in total. The van der Waals surface area contributed by atoms with Crippen LogP contribution in [0.2, 0.25) is 0 Å². The van der Waals surface area contributed by atoms with E-state index in [1.54, 1.807) is 24.3 Å². The monoisotopic (exact) mass is 482 g/mol. The smallest absolute Gasteiger partial charge is 0.240 e. The summed E-state index contributed by atoms with van der Waals surface area (Å²) in [5.74, 6) is 0.806. The van der Waals surface area contributed by atoms with Crippen molar-refractivity contribution in [2.75, 3.05) is 33.2 Å². The van der Waals surface area contributed by atoms with E-state index in [-0.39, 0.29) is 35.4 Å². The van der Waals surface area contributed by atoms with Crippen LogP contribution < -0.4 is 10.0 Å². The molecule has 0 bridgehead atoms. The second kappa shape index (κ2) is 12.5. The zero-order chi connectivity index (χ0) is 18.0. The van der Waals surface area contributed by atoms with E-state index in [0.29, 0.717) is 6.54 Å². The Hall–Kier alpha value is -0.870. The maximum absolute atomic E-state index is 12.2. The van der Waals surface area contributed by atoms with Crippen LogP contribution in [-0.4, -0.2) is 52.5 Å². The number of guanidine groups is 1. The Labute approximate surface area is 169 Å². The molecule has 0 aliphatic heterocycles. The van der Waals surface area contributed by atoms with Gasteiger partial charge in [0.2, 0.25) is 10.0 Å². The van der Waals surface area contributed by atoms with Gasteiger partial charge in [-0.3, -0.25) is 4.99 Å². The number of unbranched alkanes of at least 4 members (excludes halogenated alkanes) is 1. The van der Waals surface area contributed by atoms with Crippen LogP contribution >= 0.6 is 24.0 Å². The van der Waals surface area contributed by atoms with Crippen LogP contribution in [0.25, 0.3) is 0 Å². The third-order valence-corrected chi connectivity index (χ3v) is 5.02. The Balaban J connectivity index is 0.00000576. The lowest BCUT2D eigenvalue weighted by Crippen LogP contribution is -2.40. The zero-order valence-corrected chi connectivity index (χ0v) is 18.7. The van der Waals surface area contributed by atoms with Crippen LogP contribution in [-0.2, 0) is 10.0 Å². The molecular formula is C17H31IN4O2S. The molecule has 0 radical (unpaired) electrons. The van der Waals surface area contributed by atoms with E-state index in [0.717, 1.165) is 37.5 Å². The second-order valence-corrected chi connectivity index (χ2v) is 7.49. The molecule has 144 valence electrons. The number of sulfonamides is 1. The van der Waals surface area contributed by atoms with Crippen molar-refractivity contribution in [3.8, 4) is 0 Å². The number of halogens is 1. The van der Waals surface area contributed by atoms with Crippen molar-refractivity contribution in [1.82, 2.24) is 14.9 Å². The number of hydrogen-bond acceptors (Lipinski definition) is 3. The first kappa shape index (κ1) is 24.1. The molecule has 1 rings (SSSR count). The van der Waals surface area contributed by atoms with Crippen LogP contribution in [0, 0.1) is 6.92 Å². The van der Waals surface area contributed by atoms with E-state index >= 15 is 0 Å². The molecule has 1 aromatic carbocycles. The molecule has 0 atom stereocenters. The van der Waals surface area contributed by atoms with Crippen LogP contribution in [0.4, 0.5) is 0 Å². The highest BCUT2D eigenvalue weighted by Gasteiger charge is 2.12. The van der Waals surface area contributed by atoms with Crippen molar-refractivity contribution in [3.63, 3.8) is 0 Å². The van der Waals surface area contributed by atoms with Crippen molar-refractivity contribution < 1.29 is 8.42 Å². The average molecular weight is 482 g/mol. The number of nitrogens with one attached hydrogen (secondary N) is 2. The molecule has 0 aliphatic rings. The summed E-state index contributed by atoms with van der Waals surface area (Å²) >= 11 is 0. The fourth-order valence-electron chi connectivity index (χ4n) is 2.11. The highest BCUT2D eigenvalue weighted by Crippen LogP contribution is 2.09. The van der Waals surface area contributed by atoms with E-state index in [1.165, 1.54) is 0 Å². The summed E-state index contributed by atoms with van der Waals surface area (Å²) in [7, 11) is -1.48. The standard InChI is InChI=1S/C17H30N4O2S.HI/c1-5-7-14-21(4)17(18-6-2)19-12-13-20-24(22,23)16-10-8-15(3)9-11-16;/h8-11,20H,5-7,12-14H2,1-4H3,(H,18,19);1H. The Kier molecular flexibility index (Phi) is 12.0. The Bertz CT molecular complexity index is 618. The van der Waals surface area contributed by atoms with Gasteiger partial charge in [0.05, 0.1) is 11.4 Å². The molecule has 2 N–H and O–H groups in total. The molecule has 8 heteroatoms. The van der Waals surface area contributed by atoms with Crippen LogP contribution in [0.3, 0.4) is 0 Å². The van der Waals surface area contributed by atoms with Gasteiger partial charge in [0, 0.05) is 26.7 Å². The first-order valence-electron chi connectivity index (χ1n) is 8.46. The molecule has 0 aromatic heterocycles. The fourth-order valence-corrected chi connectivity index (χ4v) is 3.13. The van der Waals surface area contributed by atoms with Gasteiger partial charge in [-0.1, -0.05) is 31.0 Å². The maximum Gasteiger partial charge on any atom is 0.240 e.